The molecule has 0 unspecified atom stereocenters. The van der Waals surface area contributed by atoms with Crippen LogP contribution >= 0.6 is 11.6 Å². The number of esters is 1. The average molecular weight is 788 g/mol. The lowest BCUT2D eigenvalue weighted by Crippen LogP contribution is -2.65. The molecule has 1 aromatic rings. The first-order valence-corrected chi connectivity index (χ1v) is 22.0. The number of benzene rings is 1. The molecule has 0 heterocycles. The topological polar surface area (TPSA) is 97.7 Å². The summed E-state index contributed by atoms with van der Waals surface area (Å²) in [5.74, 6) is 0.338. The van der Waals surface area contributed by atoms with Crippen molar-refractivity contribution in [2.45, 2.75) is 164 Å². The van der Waals surface area contributed by atoms with E-state index in [1.807, 2.05) is 19.1 Å². The molecule has 0 aromatic heterocycles. The maximum Gasteiger partial charge on any atom is 0.309 e. The Bertz CT molecular complexity index is 1880. The number of ether oxygens (including phenoxy) is 1. The molecule has 7 heteroatoms. The summed E-state index contributed by atoms with van der Waals surface area (Å²) in [4.78, 5) is 53.3. The molecule has 0 amide bonds. The molecule has 8 atom stereocenters. The second-order valence-corrected chi connectivity index (χ2v) is 22.2. The summed E-state index contributed by atoms with van der Waals surface area (Å²) in [6.07, 6.45) is 12.8. The van der Waals surface area contributed by atoms with Crippen LogP contribution in [0.2, 0.25) is 5.02 Å². The number of allylic oxidation sites excluding steroid dienone is 4. The summed E-state index contributed by atoms with van der Waals surface area (Å²) in [6, 6.07) is 8.00. The van der Waals surface area contributed by atoms with Crippen LogP contribution in [0.5, 0.6) is 0 Å². The van der Waals surface area contributed by atoms with Gasteiger partial charge in [-0.25, -0.2) is 0 Å². The lowest BCUT2D eigenvalue weighted by Gasteiger charge is -2.72. The van der Waals surface area contributed by atoms with Gasteiger partial charge in [-0.05, 0) is 159 Å². The summed E-state index contributed by atoms with van der Waals surface area (Å²) in [6.45, 7) is 21.7. The van der Waals surface area contributed by atoms with Crippen LogP contribution in [-0.2, 0) is 29.3 Å². The number of halogens is 1. The second kappa shape index (κ2) is 13.7. The van der Waals surface area contributed by atoms with Gasteiger partial charge in [0.2, 0.25) is 0 Å². The molecule has 0 bridgehead atoms. The number of carbonyl (C=O) groups is 4. The van der Waals surface area contributed by atoms with Gasteiger partial charge in [0, 0.05) is 34.1 Å². The van der Waals surface area contributed by atoms with Crippen molar-refractivity contribution in [2.75, 3.05) is 0 Å². The number of Topliss-reactive ketones (excluding diaryl/α,β-unsaturated/α-hetero) is 2. The predicted octanol–water partition coefficient (Wildman–Crippen LogP) is 11.7. The molecule has 306 valence electrons. The van der Waals surface area contributed by atoms with Crippen molar-refractivity contribution >= 4 is 35.1 Å². The van der Waals surface area contributed by atoms with Crippen LogP contribution in [0.1, 0.15) is 158 Å². The van der Waals surface area contributed by atoms with E-state index in [9.17, 15) is 24.3 Å². The molecule has 0 aliphatic heterocycles. The molecule has 0 saturated heterocycles. The average Bonchev–Trinajstić information content (AvgIpc) is 3.81. The van der Waals surface area contributed by atoms with E-state index in [1.54, 1.807) is 13.8 Å². The predicted molar refractivity (Wildman–Crippen MR) is 221 cm³/mol. The number of hydrogen-bond acceptors (Lipinski definition) is 5. The molecule has 6 aliphatic carbocycles. The standard InChI is InChI=1S/C49H67ClO6/c1-29(2)40-35(52)27-49(25-30(3)34(51)26-48(23-24-48)31-11-13-32(50)14-12-31)22-21-46(9)33(41(40)49)15-16-37-45(8)19-18-38(56-39(53)28-43(4,5)42(54)55)44(6,7)36(45)17-20-47(37,46)10/h11-14,25,29,33,36-38H,15-24,26-28H2,1-10H3,(H,54,55)/b30-25+/t33-,36+,37-,38+,45+,46-,47-,49-/m1/s1. The first-order chi connectivity index (χ1) is 26.0. The molecule has 0 spiro atoms. The fourth-order valence-electron chi connectivity index (χ4n) is 14.1. The summed E-state index contributed by atoms with van der Waals surface area (Å²) in [5, 5.41) is 10.3. The highest BCUT2D eigenvalue weighted by molar-refractivity contribution is 6.30. The van der Waals surface area contributed by atoms with Crippen molar-refractivity contribution in [2.24, 2.45) is 56.2 Å². The van der Waals surface area contributed by atoms with Gasteiger partial charge in [0.15, 0.2) is 11.6 Å². The van der Waals surface area contributed by atoms with Gasteiger partial charge in [-0.3, -0.25) is 19.2 Å². The third kappa shape index (κ3) is 6.31. The van der Waals surface area contributed by atoms with Gasteiger partial charge < -0.3 is 9.84 Å². The lowest BCUT2D eigenvalue weighted by atomic mass is 9.33. The van der Waals surface area contributed by atoms with Crippen LogP contribution in [0.15, 0.2) is 47.1 Å². The number of carboxylic acid groups (broad SMARTS) is 1. The third-order valence-corrected chi connectivity index (χ3v) is 17.9. The highest BCUT2D eigenvalue weighted by atomic mass is 35.5. The summed E-state index contributed by atoms with van der Waals surface area (Å²) in [5.41, 5.74) is 2.60. The minimum Gasteiger partial charge on any atom is -0.481 e. The van der Waals surface area contributed by atoms with E-state index in [0.29, 0.717) is 29.7 Å². The largest absolute Gasteiger partial charge is 0.481 e. The van der Waals surface area contributed by atoms with E-state index in [-0.39, 0.29) is 63.0 Å². The zero-order valence-corrected chi connectivity index (χ0v) is 36.6. The van der Waals surface area contributed by atoms with Crippen molar-refractivity contribution in [3.05, 3.63) is 57.6 Å². The Kier molecular flexibility index (Phi) is 10.1. The van der Waals surface area contributed by atoms with Crippen LogP contribution in [-0.4, -0.2) is 34.7 Å². The number of carbonyl (C=O) groups excluding carboxylic acids is 3. The summed E-state index contributed by atoms with van der Waals surface area (Å²) >= 11 is 6.20. The Balaban J connectivity index is 1.16. The molecule has 7 rings (SSSR count). The monoisotopic (exact) mass is 786 g/mol. The summed E-state index contributed by atoms with van der Waals surface area (Å²) in [7, 11) is 0. The number of ketones is 2. The molecule has 56 heavy (non-hydrogen) atoms. The van der Waals surface area contributed by atoms with Gasteiger partial charge in [-0.15, -0.1) is 0 Å². The van der Waals surface area contributed by atoms with E-state index in [0.717, 1.165) is 75.4 Å². The minimum atomic E-state index is -1.17. The van der Waals surface area contributed by atoms with Crippen molar-refractivity contribution in [3.8, 4) is 0 Å². The third-order valence-electron chi connectivity index (χ3n) is 17.6. The maximum atomic E-state index is 14.2. The van der Waals surface area contributed by atoms with E-state index < -0.39 is 22.8 Å². The number of carboxylic acids is 1. The van der Waals surface area contributed by atoms with E-state index in [1.165, 1.54) is 11.1 Å². The quantitative estimate of drug-likeness (QED) is 0.187. The van der Waals surface area contributed by atoms with Gasteiger partial charge in [0.05, 0.1) is 11.8 Å². The smallest absolute Gasteiger partial charge is 0.309 e. The minimum absolute atomic E-state index is 0.00176. The summed E-state index contributed by atoms with van der Waals surface area (Å²) < 4.78 is 6.19. The second-order valence-electron chi connectivity index (χ2n) is 21.8. The fraction of sp³-hybridized carbons (Fsp3) is 0.714. The fourth-order valence-corrected chi connectivity index (χ4v) is 14.2. The van der Waals surface area contributed by atoms with Gasteiger partial charge >= 0.3 is 11.9 Å². The van der Waals surface area contributed by atoms with Crippen LogP contribution in [0, 0.1) is 56.2 Å². The van der Waals surface area contributed by atoms with Crippen molar-refractivity contribution in [3.63, 3.8) is 0 Å². The van der Waals surface area contributed by atoms with Crippen LogP contribution in [0.25, 0.3) is 0 Å². The molecule has 6 nitrogen and oxygen atoms in total. The maximum absolute atomic E-state index is 14.2. The van der Waals surface area contributed by atoms with Crippen LogP contribution < -0.4 is 0 Å². The molecule has 5 fully saturated rings. The van der Waals surface area contributed by atoms with Gasteiger partial charge in [0.25, 0.3) is 0 Å². The molecule has 0 radical (unpaired) electrons. The molecular formula is C49H67ClO6. The highest BCUT2D eigenvalue weighted by Gasteiger charge is 2.70. The Morgan fingerprint density at radius 3 is 2.16 bits per heavy atom. The van der Waals surface area contributed by atoms with Gasteiger partial charge in [0.1, 0.15) is 6.10 Å². The number of hydrogen-bond donors (Lipinski definition) is 1. The Morgan fingerprint density at radius 2 is 1.55 bits per heavy atom. The first-order valence-electron chi connectivity index (χ1n) is 21.7. The Labute approximate surface area is 341 Å². The highest BCUT2D eigenvalue weighted by Crippen LogP contribution is 2.77. The number of rotatable bonds is 10. The zero-order valence-electron chi connectivity index (χ0n) is 35.8. The molecular weight excluding hydrogens is 720 g/mol. The van der Waals surface area contributed by atoms with Crippen molar-refractivity contribution < 1.29 is 29.0 Å². The van der Waals surface area contributed by atoms with Crippen LogP contribution in [0.3, 0.4) is 0 Å². The first kappa shape index (κ1) is 41.4. The Hall–Kier alpha value is -2.73. The van der Waals surface area contributed by atoms with E-state index in [4.69, 9.17) is 16.3 Å². The number of aliphatic carboxylic acids is 1. The molecule has 5 saturated carbocycles. The van der Waals surface area contributed by atoms with Crippen LogP contribution in [0.4, 0.5) is 0 Å². The van der Waals surface area contributed by atoms with Gasteiger partial charge in [-0.2, -0.15) is 0 Å². The van der Waals surface area contributed by atoms with E-state index in [2.05, 4.69) is 66.7 Å². The zero-order chi connectivity index (χ0) is 41.0. The lowest BCUT2D eigenvalue weighted by molar-refractivity contribution is -0.232. The normalized spacial score (nSPS) is 37.3. The van der Waals surface area contributed by atoms with E-state index >= 15 is 0 Å². The van der Waals surface area contributed by atoms with Crippen molar-refractivity contribution in [1.82, 2.24) is 0 Å². The molecule has 6 aliphatic rings. The SMILES string of the molecule is C/C(=C\[C@@]12CC[C@]3(C)[C@H](CC[C@@H]4[C@@]5(C)CC[C@H](OC(=O)CC(C)(C)C(=O)O)C(C)(C)[C@@H]5CC[C@]43C)C1=C(C(C)C)C(=O)C2)C(=O)CC1(c2ccc(Cl)cc2)CC1. The molecule has 1 N–H and O–H groups in total. The van der Waals surface area contributed by atoms with Crippen molar-refractivity contribution in [1.29, 1.82) is 0 Å². The molecule has 1 aromatic carbocycles. The van der Waals surface area contributed by atoms with Gasteiger partial charge in [-0.1, -0.05) is 78.3 Å². The number of fused-ring (bicyclic) bond motifs is 7. The Morgan fingerprint density at radius 1 is 0.893 bits per heavy atom.